The molecule has 1 aromatic carbocycles. The fourth-order valence-electron chi connectivity index (χ4n) is 2.48. The lowest BCUT2D eigenvalue weighted by Gasteiger charge is -2.27. The molecular weight excluding hydrogens is 240 g/mol. The van der Waals surface area contributed by atoms with Crippen molar-refractivity contribution >= 4 is 5.69 Å². The molecule has 0 aliphatic carbocycles. The van der Waals surface area contributed by atoms with Crippen LogP contribution in [0.4, 0.5) is 5.69 Å². The molecule has 0 bridgehead atoms. The van der Waals surface area contributed by atoms with Crippen molar-refractivity contribution in [3.8, 4) is 5.75 Å². The average molecular weight is 264 g/mol. The molecule has 0 amide bonds. The van der Waals surface area contributed by atoms with E-state index in [1.807, 2.05) is 26.0 Å². The van der Waals surface area contributed by atoms with E-state index in [-0.39, 0.29) is 0 Å². The van der Waals surface area contributed by atoms with Gasteiger partial charge in [-0.1, -0.05) is 0 Å². The highest BCUT2D eigenvalue weighted by Crippen LogP contribution is 2.25. The molecule has 2 atom stereocenters. The summed E-state index contributed by atoms with van der Waals surface area (Å²) in [6.07, 6.45) is 1.03. The standard InChI is InChI=1S/C15H24N2O2/c1-10-7-15(18)11(2)6-14(10)17-12(3)8-13-9-19-5-4-16-13/h6-7,12-13,16-18H,4-5,8-9H2,1-3H3. The number of morpholine rings is 1. The Kier molecular flexibility index (Phi) is 4.66. The Labute approximate surface area is 115 Å². The van der Waals surface area contributed by atoms with E-state index in [2.05, 4.69) is 17.6 Å². The van der Waals surface area contributed by atoms with Crippen molar-refractivity contribution in [2.45, 2.75) is 39.3 Å². The first-order valence-corrected chi connectivity index (χ1v) is 6.94. The van der Waals surface area contributed by atoms with E-state index in [9.17, 15) is 5.11 Å². The van der Waals surface area contributed by atoms with Crippen LogP contribution in [0.25, 0.3) is 0 Å². The molecule has 0 saturated carbocycles. The maximum atomic E-state index is 9.67. The maximum absolute atomic E-state index is 9.67. The van der Waals surface area contributed by atoms with Gasteiger partial charge < -0.3 is 20.5 Å². The zero-order chi connectivity index (χ0) is 13.8. The van der Waals surface area contributed by atoms with Crippen LogP contribution in [0.15, 0.2) is 12.1 Å². The van der Waals surface area contributed by atoms with Crippen molar-refractivity contribution < 1.29 is 9.84 Å². The Morgan fingerprint density at radius 3 is 2.89 bits per heavy atom. The van der Waals surface area contributed by atoms with Crippen LogP contribution < -0.4 is 10.6 Å². The number of phenolic OH excluding ortho intramolecular Hbond substituents is 1. The molecule has 1 aromatic rings. The van der Waals surface area contributed by atoms with Crippen LogP contribution in [0.2, 0.25) is 0 Å². The van der Waals surface area contributed by atoms with E-state index < -0.39 is 0 Å². The van der Waals surface area contributed by atoms with Crippen LogP contribution in [0.5, 0.6) is 5.75 Å². The lowest BCUT2D eigenvalue weighted by atomic mass is 10.1. The van der Waals surface area contributed by atoms with Crippen molar-refractivity contribution in [2.75, 3.05) is 25.1 Å². The number of phenols is 1. The Hall–Kier alpha value is -1.26. The molecule has 2 rings (SSSR count). The number of aromatic hydroxyl groups is 1. The zero-order valence-corrected chi connectivity index (χ0v) is 12.0. The fourth-order valence-corrected chi connectivity index (χ4v) is 2.48. The van der Waals surface area contributed by atoms with E-state index in [1.54, 1.807) is 0 Å². The van der Waals surface area contributed by atoms with E-state index in [1.165, 1.54) is 0 Å². The van der Waals surface area contributed by atoms with Crippen molar-refractivity contribution in [1.29, 1.82) is 0 Å². The molecule has 19 heavy (non-hydrogen) atoms. The molecule has 1 aliphatic heterocycles. The predicted molar refractivity (Wildman–Crippen MR) is 77.9 cm³/mol. The molecular formula is C15H24N2O2. The number of hydrogen-bond donors (Lipinski definition) is 3. The third-order valence-corrected chi connectivity index (χ3v) is 3.58. The smallest absolute Gasteiger partial charge is 0.118 e. The van der Waals surface area contributed by atoms with Gasteiger partial charge in [-0.05, 0) is 50.5 Å². The van der Waals surface area contributed by atoms with Gasteiger partial charge in [0.25, 0.3) is 0 Å². The molecule has 1 aliphatic rings. The van der Waals surface area contributed by atoms with E-state index >= 15 is 0 Å². The number of ether oxygens (including phenoxy) is 1. The summed E-state index contributed by atoms with van der Waals surface area (Å²) in [4.78, 5) is 0. The number of rotatable bonds is 4. The van der Waals surface area contributed by atoms with Crippen molar-refractivity contribution in [3.05, 3.63) is 23.3 Å². The van der Waals surface area contributed by atoms with Gasteiger partial charge >= 0.3 is 0 Å². The van der Waals surface area contributed by atoms with Gasteiger partial charge in [-0.2, -0.15) is 0 Å². The highest BCUT2D eigenvalue weighted by atomic mass is 16.5. The summed E-state index contributed by atoms with van der Waals surface area (Å²) < 4.78 is 5.47. The molecule has 0 spiro atoms. The topological polar surface area (TPSA) is 53.5 Å². The maximum Gasteiger partial charge on any atom is 0.118 e. The highest BCUT2D eigenvalue weighted by Gasteiger charge is 2.16. The Balaban J connectivity index is 1.94. The summed E-state index contributed by atoms with van der Waals surface area (Å²) in [7, 11) is 0. The first-order chi connectivity index (χ1) is 9.06. The highest BCUT2D eigenvalue weighted by molar-refractivity contribution is 5.57. The van der Waals surface area contributed by atoms with Crippen LogP contribution in [0.1, 0.15) is 24.5 Å². The van der Waals surface area contributed by atoms with Crippen molar-refractivity contribution in [3.63, 3.8) is 0 Å². The van der Waals surface area contributed by atoms with Crippen molar-refractivity contribution in [2.24, 2.45) is 0 Å². The summed E-state index contributed by atoms with van der Waals surface area (Å²) in [5.74, 6) is 0.359. The summed E-state index contributed by atoms with van der Waals surface area (Å²) in [6.45, 7) is 8.65. The molecule has 1 heterocycles. The van der Waals surface area contributed by atoms with E-state index in [0.717, 1.165) is 43.0 Å². The van der Waals surface area contributed by atoms with Gasteiger partial charge in [-0.15, -0.1) is 0 Å². The molecule has 1 saturated heterocycles. The van der Waals surface area contributed by atoms with E-state index in [4.69, 9.17) is 4.74 Å². The quantitative estimate of drug-likeness (QED) is 0.730. The van der Waals surface area contributed by atoms with Gasteiger partial charge in [0.2, 0.25) is 0 Å². The second kappa shape index (κ2) is 6.26. The number of hydrogen-bond acceptors (Lipinski definition) is 4. The SMILES string of the molecule is Cc1cc(NC(C)CC2COCCN2)c(C)cc1O. The van der Waals surface area contributed by atoms with E-state index in [0.29, 0.717) is 17.8 Å². The summed E-state index contributed by atoms with van der Waals surface area (Å²) in [6, 6.07) is 4.61. The zero-order valence-electron chi connectivity index (χ0n) is 12.0. The largest absolute Gasteiger partial charge is 0.508 e. The minimum Gasteiger partial charge on any atom is -0.508 e. The van der Waals surface area contributed by atoms with Gasteiger partial charge in [0, 0.05) is 24.3 Å². The molecule has 1 fully saturated rings. The Bertz CT molecular complexity index is 428. The van der Waals surface area contributed by atoms with Crippen LogP contribution in [-0.4, -0.2) is 36.9 Å². The predicted octanol–water partition coefficient (Wildman–Crippen LogP) is 2.19. The minimum absolute atomic E-state index is 0.359. The fraction of sp³-hybridized carbons (Fsp3) is 0.600. The Morgan fingerprint density at radius 1 is 1.42 bits per heavy atom. The molecule has 0 aromatic heterocycles. The second-order valence-corrected chi connectivity index (χ2v) is 5.46. The van der Waals surface area contributed by atoms with Crippen molar-refractivity contribution in [1.82, 2.24) is 5.32 Å². The number of benzene rings is 1. The molecule has 2 unspecified atom stereocenters. The molecule has 0 radical (unpaired) electrons. The Morgan fingerprint density at radius 2 is 2.21 bits per heavy atom. The summed E-state index contributed by atoms with van der Waals surface area (Å²) in [5, 5.41) is 16.7. The lowest BCUT2D eigenvalue weighted by molar-refractivity contribution is 0.0731. The average Bonchev–Trinajstić information content (AvgIpc) is 2.37. The number of aryl methyl sites for hydroxylation is 2. The first-order valence-electron chi connectivity index (χ1n) is 6.94. The third kappa shape index (κ3) is 3.85. The van der Waals surface area contributed by atoms with Gasteiger partial charge in [0.15, 0.2) is 0 Å². The molecule has 4 heteroatoms. The number of nitrogens with one attached hydrogen (secondary N) is 2. The minimum atomic E-state index is 0.359. The summed E-state index contributed by atoms with van der Waals surface area (Å²) in [5.41, 5.74) is 3.07. The molecule has 106 valence electrons. The van der Waals surface area contributed by atoms with Crippen LogP contribution in [0, 0.1) is 13.8 Å². The normalized spacial score (nSPS) is 21.1. The monoisotopic (exact) mass is 264 g/mol. The van der Waals surface area contributed by atoms with Gasteiger partial charge in [-0.3, -0.25) is 0 Å². The third-order valence-electron chi connectivity index (χ3n) is 3.58. The van der Waals surface area contributed by atoms with Gasteiger partial charge in [0.05, 0.1) is 13.2 Å². The first kappa shape index (κ1) is 14.2. The molecule has 4 nitrogen and oxygen atoms in total. The van der Waals surface area contributed by atoms with Crippen LogP contribution in [0.3, 0.4) is 0 Å². The second-order valence-electron chi connectivity index (χ2n) is 5.46. The summed E-state index contributed by atoms with van der Waals surface area (Å²) >= 11 is 0. The van der Waals surface area contributed by atoms with Gasteiger partial charge in [0.1, 0.15) is 5.75 Å². The van der Waals surface area contributed by atoms with Crippen LogP contribution in [-0.2, 0) is 4.74 Å². The lowest BCUT2D eigenvalue weighted by Crippen LogP contribution is -2.43. The number of anilines is 1. The van der Waals surface area contributed by atoms with Crippen LogP contribution >= 0.6 is 0 Å². The molecule has 3 N–H and O–H groups in total. The van der Waals surface area contributed by atoms with Gasteiger partial charge in [-0.25, -0.2) is 0 Å².